The third-order valence-electron chi connectivity index (χ3n) is 1.36. The molecule has 0 bridgehead atoms. The van der Waals surface area contributed by atoms with Gasteiger partial charge < -0.3 is 4.74 Å². The molecule has 0 atom stereocenters. The fourth-order valence-electron chi connectivity index (χ4n) is 0.862. The van der Waals surface area contributed by atoms with Crippen molar-refractivity contribution in [2.75, 3.05) is 7.11 Å². The van der Waals surface area contributed by atoms with E-state index in [4.69, 9.17) is 4.74 Å². The van der Waals surface area contributed by atoms with E-state index in [1.807, 2.05) is 0 Å². The molecule has 0 aromatic heterocycles. The summed E-state index contributed by atoms with van der Waals surface area (Å²) in [5, 5.41) is 0. The monoisotopic (exact) mass is 111 g/mol. The van der Waals surface area contributed by atoms with Crippen molar-refractivity contribution in [3.05, 3.63) is 18.9 Å². The first kappa shape index (κ1) is 6.09. The van der Waals surface area contributed by atoms with Gasteiger partial charge in [-0.2, -0.15) is 0 Å². The molecule has 0 aromatic rings. The van der Waals surface area contributed by atoms with Crippen molar-refractivity contribution in [1.29, 1.82) is 0 Å². The van der Waals surface area contributed by atoms with E-state index in [2.05, 4.69) is 12.8 Å². The van der Waals surface area contributed by atoms with Crippen LogP contribution in [-0.2, 0) is 4.74 Å². The van der Waals surface area contributed by atoms with E-state index in [1.165, 1.54) is 12.8 Å². The lowest BCUT2D eigenvalue weighted by Gasteiger charge is -2.17. The Labute approximate surface area is 51.0 Å². The second-order valence-electron chi connectivity index (χ2n) is 1.97. The molecular weight excluding hydrogens is 100 g/mol. The first-order chi connectivity index (χ1) is 3.93. The average molecular weight is 111 g/mol. The largest absolute Gasteiger partial charge is 0.375 e. The minimum atomic E-state index is 1.12. The Morgan fingerprint density at radius 2 is 2.50 bits per heavy atom. The molecule has 1 aliphatic rings. The topological polar surface area (TPSA) is 9.23 Å². The molecule has 1 rings (SSSR count). The van der Waals surface area contributed by atoms with Gasteiger partial charge >= 0.3 is 0 Å². The minimum Gasteiger partial charge on any atom is -0.375 e. The lowest BCUT2D eigenvalue weighted by atomic mass is 9.98. The van der Waals surface area contributed by atoms with Gasteiger partial charge in [0.05, 0.1) is 0 Å². The first-order valence-electron chi connectivity index (χ1n) is 3.00. The Morgan fingerprint density at radius 1 is 1.62 bits per heavy atom. The number of hydrogen-bond donors (Lipinski definition) is 0. The minimum absolute atomic E-state index is 1.12. The molecule has 0 spiro atoms. The zero-order valence-electron chi connectivity index (χ0n) is 5.18. The van der Waals surface area contributed by atoms with E-state index in [1.54, 1.807) is 7.11 Å². The second kappa shape index (κ2) is 3.08. The van der Waals surface area contributed by atoms with E-state index < -0.39 is 0 Å². The van der Waals surface area contributed by atoms with Crippen LogP contribution in [0.25, 0.3) is 0 Å². The molecule has 1 saturated carbocycles. The summed E-state index contributed by atoms with van der Waals surface area (Å²) in [6.07, 6.45) is 8.92. The SMILES string of the molecule is CO[C]1[CH][CH]CCC1. The standard InChI is InChI=1S/C7H11O/c1-8-7-5-3-2-4-6-7/h3,5H,2,4,6H2,1H3. The molecule has 1 fully saturated rings. The molecular formula is C7H11O. The molecule has 1 heteroatoms. The van der Waals surface area contributed by atoms with E-state index in [9.17, 15) is 0 Å². The molecule has 0 N–H and O–H groups in total. The molecule has 3 radical (unpaired) electrons. The van der Waals surface area contributed by atoms with Crippen molar-refractivity contribution in [2.24, 2.45) is 0 Å². The summed E-state index contributed by atoms with van der Waals surface area (Å²) in [6, 6.07) is 0. The zero-order valence-corrected chi connectivity index (χ0v) is 5.18. The first-order valence-corrected chi connectivity index (χ1v) is 3.00. The van der Waals surface area contributed by atoms with Crippen LogP contribution >= 0.6 is 0 Å². The molecule has 0 heterocycles. The quantitative estimate of drug-likeness (QED) is 0.501. The highest BCUT2D eigenvalue weighted by Gasteiger charge is 2.12. The highest BCUT2D eigenvalue weighted by molar-refractivity contribution is 5.07. The molecule has 0 unspecified atom stereocenters. The van der Waals surface area contributed by atoms with Gasteiger partial charge in [0.25, 0.3) is 0 Å². The Morgan fingerprint density at radius 3 is 2.88 bits per heavy atom. The molecule has 8 heavy (non-hydrogen) atoms. The number of rotatable bonds is 1. The highest BCUT2D eigenvalue weighted by atomic mass is 16.5. The third-order valence-corrected chi connectivity index (χ3v) is 1.36. The molecule has 0 saturated heterocycles. The van der Waals surface area contributed by atoms with Gasteiger partial charge in [-0.3, -0.25) is 0 Å². The van der Waals surface area contributed by atoms with Crippen molar-refractivity contribution in [2.45, 2.75) is 19.3 Å². The maximum absolute atomic E-state index is 5.02. The van der Waals surface area contributed by atoms with Crippen molar-refractivity contribution >= 4 is 0 Å². The molecule has 1 aliphatic carbocycles. The van der Waals surface area contributed by atoms with E-state index >= 15 is 0 Å². The van der Waals surface area contributed by atoms with Gasteiger partial charge in [-0.05, 0) is 25.7 Å². The van der Waals surface area contributed by atoms with Gasteiger partial charge in [0.2, 0.25) is 0 Å². The predicted molar refractivity (Wildman–Crippen MR) is 32.7 cm³/mol. The van der Waals surface area contributed by atoms with Crippen LogP contribution in [0.4, 0.5) is 0 Å². The van der Waals surface area contributed by atoms with Crippen molar-refractivity contribution < 1.29 is 4.74 Å². The summed E-state index contributed by atoms with van der Waals surface area (Å²) in [7, 11) is 1.73. The van der Waals surface area contributed by atoms with Crippen LogP contribution in [0.3, 0.4) is 0 Å². The molecule has 0 aromatic carbocycles. The number of methoxy groups -OCH3 is 1. The van der Waals surface area contributed by atoms with Gasteiger partial charge in [-0.1, -0.05) is 6.42 Å². The lowest BCUT2D eigenvalue weighted by Crippen LogP contribution is -2.06. The van der Waals surface area contributed by atoms with Crippen molar-refractivity contribution in [3.63, 3.8) is 0 Å². The van der Waals surface area contributed by atoms with E-state index in [-0.39, 0.29) is 0 Å². The fourth-order valence-corrected chi connectivity index (χ4v) is 0.862. The Kier molecular flexibility index (Phi) is 2.34. The van der Waals surface area contributed by atoms with Crippen LogP contribution in [0.5, 0.6) is 0 Å². The van der Waals surface area contributed by atoms with Crippen LogP contribution in [0.2, 0.25) is 0 Å². The lowest BCUT2D eigenvalue weighted by molar-refractivity contribution is 0.204. The molecule has 0 amide bonds. The maximum Gasteiger partial charge on any atom is 0.100 e. The Balaban J connectivity index is 2.13. The zero-order chi connectivity index (χ0) is 5.82. The van der Waals surface area contributed by atoms with Crippen LogP contribution in [0, 0.1) is 18.9 Å². The summed E-state index contributed by atoms with van der Waals surface area (Å²) in [5.41, 5.74) is 0. The normalized spacial score (nSPS) is 23.6. The number of hydrogen-bond acceptors (Lipinski definition) is 1. The van der Waals surface area contributed by atoms with Crippen LogP contribution in [0.1, 0.15) is 19.3 Å². The second-order valence-corrected chi connectivity index (χ2v) is 1.97. The van der Waals surface area contributed by atoms with Crippen molar-refractivity contribution in [1.82, 2.24) is 0 Å². The van der Waals surface area contributed by atoms with Crippen LogP contribution in [-0.4, -0.2) is 7.11 Å². The third kappa shape index (κ3) is 1.48. The molecule has 0 aliphatic heterocycles. The van der Waals surface area contributed by atoms with E-state index in [0.717, 1.165) is 12.5 Å². The smallest absolute Gasteiger partial charge is 0.100 e. The van der Waals surface area contributed by atoms with Gasteiger partial charge in [-0.15, -0.1) is 0 Å². The Bertz CT molecular complexity index is 55.4. The molecule has 1 nitrogen and oxygen atoms in total. The summed E-state index contributed by atoms with van der Waals surface area (Å²) in [6.45, 7) is 0. The summed E-state index contributed by atoms with van der Waals surface area (Å²) < 4.78 is 5.02. The van der Waals surface area contributed by atoms with Gasteiger partial charge in [0.15, 0.2) is 0 Å². The molecule has 45 valence electrons. The number of ether oxygens (including phenoxy) is 1. The van der Waals surface area contributed by atoms with Gasteiger partial charge in [-0.25, -0.2) is 0 Å². The summed E-state index contributed by atoms with van der Waals surface area (Å²) in [4.78, 5) is 0. The van der Waals surface area contributed by atoms with Gasteiger partial charge in [0.1, 0.15) is 6.10 Å². The fraction of sp³-hybridized carbons (Fsp3) is 0.571. The Hall–Kier alpha value is -0.0400. The van der Waals surface area contributed by atoms with Gasteiger partial charge in [0, 0.05) is 7.11 Å². The van der Waals surface area contributed by atoms with Crippen molar-refractivity contribution in [3.8, 4) is 0 Å². The summed E-state index contributed by atoms with van der Waals surface area (Å²) in [5.74, 6) is 0. The average Bonchev–Trinajstić information content (AvgIpc) is 1.90. The van der Waals surface area contributed by atoms with Crippen LogP contribution < -0.4 is 0 Å². The highest BCUT2D eigenvalue weighted by Crippen LogP contribution is 2.23. The maximum atomic E-state index is 5.02. The van der Waals surface area contributed by atoms with Crippen LogP contribution in [0.15, 0.2) is 0 Å². The van der Waals surface area contributed by atoms with E-state index in [0.29, 0.717) is 0 Å². The predicted octanol–water partition coefficient (Wildman–Crippen LogP) is 1.76. The summed E-state index contributed by atoms with van der Waals surface area (Å²) >= 11 is 0.